The number of esters is 1. The fourth-order valence-electron chi connectivity index (χ4n) is 0.346. The SMILES string of the molecule is C=CC(C)N.CCC(=O)OC(C)C. The topological polar surface area (TPSA) is 52.3 Å². The van der Waals surface area contributed by atoms with Crippen LogP contribution in [0.5, 0.6) is 0 Å². The molecule has 0 aliphatic rings. The summed E-state index contributed by atoms with van der Waals surface area (Å²) in [5, 5.41) is 0. The van der Waals surface area contributed by atoms with E-state index >= 15 is 0 Å². The van der Waals surface area contributed by atoms with Gasteiger partial charge in [-0.3, -0.25) is 4.79 Å². The Bertz CT molecular complexity index is 142. The molecule has 78 valence electrons. The highest BCUT2D eigenvalue weighted by Crippen LogP contribution is 1.90. The summed E-state index contributed by atoms with van der Waals surface area (Å²) >= 11 is 0. The van der Waals surface area contributed by atoms with Crippen molar-refractivity contribution in [2.75, 3.05) is 0 Å². The van der Waals surface area contributed by atoms with Crippen LogP contribution in [0.1, 0.15) is 34.1 Å². The first kappa shape index (κ1) is 14.7. The largest absolute Gasteiger partial charge is 0.463 e. The van der Waals surface area contributed by atoms with Gasteiger partial charge in [0, 0.05) is 12.5 Å². The summed E-state index contributed by atoms with van der Waals surface area (Å²) in [7, 11) is 0. The zero-order chi connectivity index (χ0) is 10.9. The van der Waals surface area contributed by atoms with Gasteiger partial charge in [0.2, 0.25) is 0 Å². The maximum atomic E-state index is 10.4. The lowest BCUT2D eigenvalue weighted by atomic mass is 10.4. The minimum atomic E-state index is -0.125. The van der Waals surface area contributed by atoms with E-state index in [-0.39, 0.29) is 18.1 Å². The molecule has 1 unspecified atom stereocenters. The fourth-order valence-corrected chi connectivity index (χ4v) is 0.346. The van der Waals surface area contributed by atoms with Crippen LogP contribution >= 0.6 is 0 Å². The van der Waals surface area contributed by atoms with Crippen LogP contribution in [-0.2, 0) is 9.53 Å². The molecule has 0 rings (SSSR count). The molecule has 13 heavy (non-hydrogen) atoms. The summed E-state index contributed by atoms with van der Waals surface area (Å²) in [5.41, 5.74) is 5.17. The summed E-state index contributed by atoms with van der Waals surface area (Å²) in [6, 6.07) is 0.148. The number of ether oxygens (including phenoxy) is 1. The highest BCUT2D eigenvalue weighted by atomic mass is 16.5. The third kappa shape index (κ3) is 18.3. The van der Waals surface area contributed by atoms with Gasteiger partial charge in [-0.1, -0.05) is 13.0 Å². The van der Waals surface area contributed by atoms with E-state index in [9.17, 15) is 4.79 Å². The highest BCUT2D eigenvalue weighted by Gasteiger charge is 1.98. The molecule has 0 spiro atoms. The van der Waals surface area contributed by atoms with Gasteiger partial charge < -0.3 is 10.5 Å². The van der Waals surface area contributed by atoms with Crippen molar-refractivity contribution < 1.29 is 9.53 Å². The van der Waals surface area contributed by atoms with Gasteiger partial charge >= 0.3 is 5.97 Å². The van der Waals surface area contributed by atoms with Gasteiger partial charge in [0.05, 0.1) is 6.10 Å². The third-order valence-corrected chi connectivity index (χ3v) is 1.03. The van der Waals surface area contributed by atoms with E-state index in [1.165, 1.54) is 0 Å². The first-order valence-corrected chi connectivity index (χ1v) is 4.51. The van der Waals surface area contributed by atoms with Crippen LogP contribution in [-0.4, -0.2) is 18.1 Å². The van der Waals surface area contributed by atoms with Gasteiger partial charge in [0.1, 0.15) is 0 Å². The number of rotatable bonds is 3. The zero-order valence-electron chi connectivity index (χ0n) is 9.04. The Labute approximate surface area is 81.0 Å². The van der Waals surface area contributed by atoms with E-state index in [1.807, 2.05) is 20.8 Å². The molecular formula is C10H21NO2. The predicted molar refractivity (Wildman–Crippen MR) is 55.4 cm³/mol. The summed E-state index contributed by atoms with van der Waals surface area (Å²) in [6.07, 6.45) is 2.19. The van der Waals surface area contributed by atoms with Crippen molar-refractivity contribution in [2.24, 2.45) is 5.73 Å². The van der Waals surface area contributed by atoms with E-state index < -0.39 is 0 Å². The number of hydrogen-bond donors (Lipinski definition) is 1. The Kier molecular flexibility index (Phi) is 10.5. The van der Waals surface area contributed by atoms with Crippen LogP contribution < -0.4 is 5.73 Å². The van der Waals surface area contributed by atoms with Gasteiger partial charge in [-0.25, -0.2) is 0 Å². The van der Waals surface area contributed by atoms with Crippen molar-refractivity contribution in [3.63, 3.8) is 0 Å². The van der Waals surface area contributed by atoms with Crippen LogP contribution in [0, 0.1) is 0 Å². The number of carbonyl (C=O) groups excluding carboxylic acids is 1. The number of hydrogen-bond acceptors (Lipinski definition) is 3. The van der Waals surface area contributed by atoms with Crippen molar-refractivity contribution in [1.29, 1.82) is 0 Å². The number of nitrogens with two attached hydrogens (primary N) is 1. The monoisotopic (exact) mass is 187 g/mol. The molecule has 0 aromatic carbocycles. The Morgan fingerprint density at radius 3 is 2.00 bits per heavy atom. The third-order valence-electron chi connectivity index (χ3n) is 1.03. The van der Waals surface area contributed by atoms with Crippen LogP contribution in [0.15, 0.2) is 12.7 Å². The summed E-state index contributed by atoms with van der Waals surface area (Å²) in [6.45, 7) is 10.8. The standard InChI is InChI=1S/C6H12O2.C4H9N/c1-4-6(7)8-5(2)3;1-3-4(2)5/h5H,4H2,1-3H3;3-4H,1,5H2,2H3. The Morgan fingerprint density at radius 2 is 1.92 bits per heavy atom. The van der Waals surface area contributed by atoms with Gasteiger partial charge in [-0.05, 0) is 20.8 Å². The second-order valence-electron chi connectivity index (χ2n) is 2.99. The van der Waals surface area contributed by atoms with Gasteiger partial charge in [-0.2, -0.15) is 0 Å². The van der Waals surface area contributed by atoms with Gasteiger partial charge in [0.25, 0.3) is 0 Å². The van der Waals surface area contributed by atoms with E-state index in [4.69, 9.17) is 10.5 Å². The van der Waals surface area contributed by atoms with E-state index in [0.29, 0.717) is 6.42 Å². The zero-order valence-corrected chi connectivity index (χ0v) is 9.04. The van der Waals surface area contributed by atoms with Crippen LogP contribution in [0.2, 0.25) is 0 Å². The molecule has 3 heteroatoms. The lowest BCUT2D eigenvalue weighted by Crippen LogP contribution is -2.09. The first-order valence-electron chi connectivity index (χ1n) is 4.51. The molecule has 0 bridgehead atoms. The molecular weight excluding hydrogens is 166 g/mol. The van der Waals surface area contributed by atoms with Crippen LogP contribution in [0.25, 0.3) is 0 Å². The summed E-state index contributed by atoms with van der Waals surface area (Å²) in [4.78, 5) is 10.4. The van der Waals surface area contributed by atoms with E-state index in [0.717, 1.165) is 0 Å². The smallest absolute Gasteiger partial charge is 0.305 e. The van der Waals surface area contributed by atoms with E-state index in [2.05, 4.69) is 6.58 Å². The molecule has 0 fully saturated rings. The molecule has 2 N–H and O–H groups in total. The fraction of sp³-hybridized carbons (Fsp3) is 0.700. The Morgan fingerprint density at radius 1 is 1.54 bits per heavy atom. The summed E-state index contributed by atoms with van der Waals surface area (Å²) < 4.78 is 4.76. The molecule has 0 aliphatic heterocycles. The second-order valence-corrected chi connectivity index (χ2v) is 2.99. The van der Waals surface area contributed by atoms with Crippen LogP contribution in [0.4, 0.5) is 0 Å². The van der Waals surface area contributed by atoms with Crippen molar-refractivity contribution in [1.82, 2.24) is 0 Å². The van der Waals surface area contributed by atoms with Crippen molar-refractivity contribution in [3.8, 4) is 0 Å². The van der Waals surface area contributed by atoms with Gasteiger partial charge in [0.15, 0.2) is 0 Å². The maximum absolute atomic E-state index is 10.4. The van der Waals surface area contributed by atoms with Crippen LogP contribution in [0.3, 0.4) is 0 Å². The quantitative estimate of drug-likeness (QED) is 0.542. The molecule has 1 atom stereocenters. The number of carbonyl (C=O) groups is 1. The lowest BCUT2D eigenvalue weighted by Gasteiger charge is -2.04. The molecule has 3 nitrogen and oxygen atoms in total. The minimum absolute atomic E-state index is 0.0300. The Hall–Kier alpha value is -0.830. The minimum Gasteiger partial charge on any atom is -0.463 e. The average Bonchev–Trinajstić information content (AvgIpc) is 2.04. The molecule has 0 aromatic heterocycles. The maximum Gasteiger partial charge on any atom is 0.305 e. The van der Waals surface area contributed by atoms with Crippen molar-refractivity contribution in [3.05, 3.63) is 12.7 Å². The molecule has 0 saturated carbocycles. The molecule has 0 radical (unpaired) electrons. The molecule has 0 aliphatic carbocycles. The molecule has 0 saturated heterocycles. The van der Waals surface area contributed by atoms with Crippen molar-refractivity contribution in [2.45, 2.75) is 46.3 Å². The Balaban J connectivity index is 0. The lowest BCUT2D eigenvalue weighted by molar-refractivity contribution is -0.146. The second kappa shape index (κ2) is 9.26. The van der Waals surface area contributed by atoms with E-state index in [1.54, 1.807) is 13.0 Å². The molecule has 0 amide bonds. The predicted octanol–water partition coefficient (Wildman–Crippen LogP) is 1.87. The molecule has 0 heterocycles. The van der Waals surface area contributed by atoms with Gasteiger partial charge in [-0.15, -0.1) is 6.58 Å². The highest BCUT2D eigenvalue weighted by molar-refractivity contribution is 5.68. The van der Waals surface area contributed by atoms with Crippen molar-refractivity contribution >= 4 is 5.97 Å². The normalized spacial score (nSPS) is 11.2. The average molecular weight is 187 g/mol. The first-order chi connectivity index (χ1) is 5.93. The molecule has 0 aromatic rings. The summed E-state index contributed by atoms with van der Waals surface area (Å²) in [5.74, 6) is -0.125.